The van der Waals surface area contributed by atoms with Gasteiger partial charge in [-0.1, -0.05) is 25.9 Å². The SMILES string of the molecule is CN1CCNCC1c1noc(C(C)(C)C)n1.Cl. The molecule has 0 saturated carbocycles. The zero-order valence-electron chi connectivity index (χ0n) is 10.9. The van der Waals surface area contributed by atoms with E-state index in [0.717, 1.165) is 25.5 Å². The first-order chi connectivity index (χ1) is 7.48. The van der Waals surface area contributed by atoms with Crippen molar-refractivity contribution in [2.75, 3.05) is 26.7 Å². The van der Waals surface area contributed by atoms with Crippen molar-refractivity contribution >= 4 is 12.4 Å². The Hall–Kier alpha value is -0.650. The average molecular weight is 261 g/mol. The van der Waals surface area contributed by atoms with E-state index in [9.17, 15) is 0 Å². The monoisotopic (exact) mass is 260 g/mol. The quantitative estimate of drug-likeness (QED) is 0.827. The second-order valence-electron chi connectivity index (χ2n) is 5.41. The summed E-state index contributed by atoms with van der Waals surface area (Å²) in [5.74, 6) is 1.50. The van der Waals surface area contributed by atoms with E-state index < -0.39 is 0 Å². The molecule has 2 rings (SSSR count). The third-order valence-corrected chi connectivity index (χ3v) is 2.89. The summed E-state index contributed by atoms with van der Waals surface area (Å²) in [6, 6.07) is 0.230. The maximum absolute atomic E-state index is 5.32. The van der Waals surface area contributed by atoms with E-state index in [1.807, 2.05) is 0 Å². The first-order valence-electron chi connectivity index (χ1n) is 5.73. The molecule has 1 fully saturated rings. The fourth-order valence-corrected chi connectivity index (χ4v) is 1.77. The number of aromatic nitrogens is 2. The van der Waals surface area contributed by atoms with Crippen molar-refractivity contribution < 1.29 is 4.52 Å². The number of nitrogens with one attached hydrogen (secondary N) is 1. The lowest BCUT2D eigenvalue weighted by Gasteiger charge is -2.30. The standard InChI is InChI=1S/C11H20N4O.ClH/c1-11(2,3)10-13-9(14-16-10)8-7-12-5-6-15(8)4;/h8,12H,5-7H2,1-4H3;1H. The molecular formula is C11H21ClN4O. The van der Waals surface area contributed by atoms with Crippen LogP contribution in [0.1, 0.15) is 38.5 Å². The molecule has 1 atom stereocenters. The molecule has 98 valence electrons. The van der Waals surface area contributed by atoms with Crippen molar-refractivity contribution in [2.24, 2.45) is 0 Å². The maximum Gasteiger partial charge on any atom is 0.232 e. The van der Waals surface area contributed by atoms with Gasteiger partial charge in [-0.25, -0.2) is 0 Å². The van der Waals surface area contributed by atoms with E-state index >= 15 is 0 Å². The Morgan fingerprint density at radius 3 is 2.65 bits per heavy atom. The van der Waals surface area contributed by atoms with Crippen LogP contribution in [0.25, 0.3) is 0 Å². The molecule has 5 nitrogen and oxygen atoms in total. The molecule has 1 aliphatic rings. The zero-order valence-corrected chi connectivity index (χ0v) is 11.7. The highest BCUT2D eigenvalue weighted by Gasteiger charge is 2.28. The summed E-state index contributed by atoms with van der Waals surface area (Å²) in [7, 11) is 2.10. The second kappa shape index (κ2) is 5.33. The van der Waals surface area contributed by atoms with E-state index in [0.29, 0.717) is 5.89 Å². The van der Waals surface area contributed by atoms with Gasteiger partial charge in [0.25, 0.3) is 0 Å². The number of likely N-dealkylation sites (N-methyl/N-ethyl adjacent to an activating group) is 1. The Morgan fingerprint density at radius 2 is 2.12 bits per heavy atom. The van der Waals surface area contributed by atoms with E-state index in [4.69, 9.17) is 4.52 Å². The smallest absolute Gasteiger partial charge is 0.232 e. The van der Waals surface area contributed by atoms with Crippen LogP contribution >= 0.6 is 12.4 Å². The lowest BCUT2D eigenvalue weighted by Crippen LogP contribution is -2.44. The van der Waals surface area contributed by atoms with E-state index in [1.165, 1.54) is 0 Å². The molecule has 1 N–H and O–H groups in total. The molecule has 2 heterocycles. The molecule has 0 amide bonds. The molecule has 0 bridgehead atoms. The average Bonchev–Trinajstić information content (AvgIpc) is 2.66. The number of piperazine rings is 1. The zero-order chi connectivity index (χ0) is 11.8. The Balaban J connectivity index is 0.00000144. The van der Waals surface area contributed by atoms with Gasteiger partial charge in [0.2, 0.25) is 5.89 Å². The Bertz CT molecular complexity index is 361. The van der Waals surface area contributed by atoms with Crippen LogP contribution in [0.4, 0.5) is 0 Å². The molecule has 17 heavy (non-hydrogen) atoms. The van der Waals surface area contributed by atoms with Crippen LogP contribution in [0.3, 0.4) is 0 Å². The predicted molar refractivity (Wildman–Crippen MR) is 68.5 cm³/mol. The van der Waals surface area contributed by atoms with Crippen molar-refractivity contribution in [1.29, 1.82) is 0 Å². The highest BCUT2D eigenvalue weighted by Crippen LogP contribution is 2.23. The maximum atomic E-state index is 5.32. The van der Waals surface area contributed by atoms with Gasteiger partial charge in [0.1, 0.15) is 0 Å². The van der Waals surface area contributed by atoms with Gasteiger partial charge >= 0.3 is 0 Å². The van der Waals surface area contributed by atoms with E-state index in [1.54, 1.807) is 0 Å². The van der Waals surface area contributed by atoms with Crippen LogP contribution in [0.5, 0.6) is 0 Å². The minimum Gasteiger partial charge on any atom is -0.339 e. The normalized spacial score (nSPS) is 22.2. The van der Waals surface area contributed by atoms with Crippen molar-refractivity contribution in [1.82, 2.24) is 20.4 Å². The van der Waals surface area contributed by atoms with Crippen LogP contribution in [0.2, 0.25) is 0 Å². The molecule has 6 heteroatoms. The van der Waals surface area contributed by atoms with Gasteiger partial charge in [-0.2, -0.15) is 4.98 Å². The molecule has 1 aromatic heterocycles. The Morgan fingerprint density at radius 1 is 1.41 bits per heavy atom. The van der Waals surface area contributed by atoms with Crippen LogP contribution in [0, 0.1) is 0 Å². The summed E-state index contributed by atoms with van der Waals surface area (Å²) >= 11 is 0. The fourth-order valence-electron chi connectivity index (χ4n) is 1.77. The summed E-state index contributed by atoms with van der Waals surface area (Å²) in [5.41, 5.74) is -0.0775. The van der Waals surface area contributed by atoms with Gasteiger partial charge in [0, 0.05) is 25.0 Å². The lowest BCUT2D eigenvalue weighted by molar-refractivity contribution is 0.190. The number of hydrogen-bond donors (Lipinski definition) is 1. The van der Waals surface area contributed by atoms with Crippen molar-refractivity contribution in [3.05, 3.63) is 11.7 Å². The molecule has 1 saturated heterocycles. The highest BCUT2D eigenvalue weighted by atomic mass is 35.5. The first kappa shape index (κ1) is 14.4. The summed E-state index contributed by atoms with van der Waals surface area (Å²) in [6.45, 7) is 9.16. The fraction of sp³-hybridized carbons (Fsp3) is 0.818. The summed E-state index contributed by atoms with van der Waals surface area (Å²) in [5, 5.41) is 7.44. The van der Waals surface area contributed by atoms with Crippen molar-refractivity contribution in [3.63, 3.8) is 0 Å². The number of nitrogens with zero attached hydrogens (tertiary/aromatic N) is 3. The number of halogens is 1. The van der Waals surface area contributed by atoms with Crippen LogP contribution < -0.4 is 5.32 Å². The van der Waals surface area contributed by atoms with Gasteiger partial charge in [0.15, 0.2) is 5.82 Å². The minimum absolute atomic E-state index is 0. The molecular weight excluding hydrogens is 240 g/mol. The van der Waals surface area contributed by atoms with Crippen molar-refractivity contribution in [2.45, 2.75) is 32.2 Å². The summed E-state index contributed by atoms with van der Waals surface area (Å²) in [4.78, 5) is 6.75. The van der Waals surface area contributed by atoms with E-state index in [-0.39, 0.29) is 23.9 Å². The van der Waals surface area contributed by atoms with Crippen LogP contribution in [-0.2, 0) is 5.41 Å². The molecule has 0 spiro atoms. The third kappa shape index (κ3) is 3.18. The predicted octanol–water partition coefficient (Wildman–Crippen LogP) is 1.36. The van der Waals surface area contributed by atoms with Gasteiger partial charge in [-0.05, 0) is 7.05 Å². The molecule has 0 radical (unpaired) electrons. The lowest BCUT2D eigenvalue weighted by atomic mass is 9.97. The summed E-state index contributed by atoms with van der Waals surface area (Å²) < 4.78 is 5.32. The van der Waals surface area contributed by atoms with Crippen LogP contribution in [0.15, 0.2) is 4.52 Å². The molecule has 1 aromatic rings. The van der Waals surface area contributed by atoms with Crippen molar-refractivity contribution in [3.8, 4) is 0 Å². The van der Waals surface area contributed by atoms with Crippen LogP contribution in [-0.4, -0.2) is 41.7 Å². The number of rotatable bonds is 1. The summed E-state index contributed by atoms with van der Waals surface area (Å²) in [6.07, 6.45) is 0. The van der Waals surface area contributed by atoms with Gasteiger partial charge in [0.05, 0.1) is 6.04 Å². The van der Waals surface area contributed by atoms with Gasteiger partial charge < -0.3 is 9.84 Å². The highest BCUT2D eigenvalue weighted by molar-refractivity contribution is 5.85. The first-order valence-corrected chi connectivity index (χ1v) is 5.73. The van der Waals surface area contributed by atoms with Gasteiger partial charge in [-0.3, -0.25) is 4.90 Å². The largest absolute Gasteiger partial charge is 0.339 e. The van der Waals surface area contributed by atoms with E-state index in [2.05, 4.69) is 48.2 Å². The molecule has 0 aliphatic carbocycles. The molecule has 1 aliphatic heterocycles. The molecule has 0 aromatic carbocycles. The second-order valence-corrected chi connectivity index (χ2v) is 5.41. The molecule has 1 unspecified atom stereocenters. The Labute approximate surface area is 108 Å². The topological polar surface area (TPSA) is 54.2 Å². The Kier molecular flexibility index (Phi) is 4.52. The van der Waals surface area contributed by atoms with Gasteiger partial charge in [-0.15, -0.1) is 12.4 Å². The number of hydrogen-bond acceptors (Lipinski definition) is 5. The third-order valence-electron chi connectivity index (χ3n) is 2.89. The minimum atomic E-state index is -0.0775.